The number of aryl methyl sites for hydroxylation is 1. The summed E-state index contributed by atoms with van der Waals surface area (Å²) in [4.78, 5) is 59.5. The van der Waals surface area contributed by atoms with Gasteiger partial charge in [0.05, 0.1) is 24.5 Å². The lowest BCUT2D eigenvalue weighted by atomic mass is 9.99. The standard InChI is InChI=1S/C35H37FN6O4/c1-21-7-8-25(34(45)38-4)18-29(21)30-19-39-32(40-33(44)22(2)37-3)35(46)42(30)20-23-15-26(17-28(16-23)41-13-5-6-14-41)31(43)24-9-11-27(36)12-10-24/h7-12,15-19,22,37H,5-6,13-14,20H2,1-4H3,(H,38,45)(H,39,40,44)/t22-/m0/s1. The van der Waals surface area contributed by atoms with Gasteiger partial charge in [-0.3, -0.25) is 23.7 Å². The van der Waals surface area contributed by atoms with E-state index in [1.807, 2.05) is 19.1 Å². The molecule has 1 fully saturated rings. The topological polar surface area (TPSA) is 125 Å². The fraction of sp³-hybridized carbons (Fsp3) is 0.286. The molecule has 0 spiro atoms. The first kappa shape index (κ1) is 32.2. The second-order valence-electron chi connectivity index (χ2n) is 11.4. The number of nitrogens with one attached hydrogen (secondary N) is 3. The predicted molar refractivity (Wildman–Crippen MR) is 176 cm³/mol. The van der Waals surface area contributed by atoms with Gasteiger partial charge in [-0.05, 0) is 99.5 Å². The molecule has 0 radical (unpaired) electrons. The maximum Gasteiger partial charge on any atom is 0.294 e. The third-order valence-corrected chi connectivity index (χ3v) is 8.28. The molecule has 4 aromatic rings. The SMILES string of the molecule is CNC(=O)c1ccc(C)c(-c2cnc(NC(=O)[C@H](C)NC)c(=O)n2Cc2cc(C(=O)c3ccc(F)cc3)cc(N3CCCC3)c2)c1. The van der Waals surface area contributed by atoms with E-state index in [1.54, 1.807) is 45.3 Å². The van der Waals surface area contributed by atoms with Crippen molar-refractivity contribution in [2.75, 3.05) is 37.4 Å². The van der Waals surface area contributed by atoms with E-state index in [2.05, 4.69) is 25.8 Å². The summed E-state index contributed by atoms with van der Waals surface area (Å²) in [5, 5.41) is 8.10. The lowest BCUT2D eigenvalue weighted by Crippen LogP contribution is -2.38. The van der Waals surface area contributed by atoms with Gasteiger partial charge >= 0.3 is 0 Å². The van der Waals surface area contributed by atoms with E-state index in [0.29, 0.717) is 33.5 Å². The Morgan fingerprint density at radius 2 is 1.63 bits per heavy atom. The minimum Gasteiger partial charge on any atom is -0.372 e. The molecule has 1 saturated heterocycles. The van der Waals surface area contributed by atoms with Crippen LogP contribution in [0.15, 0.2) is 71.7 Å². The lowest BCUT2D eigenvalue weighted by molar-refractivity contribution is -0.117. The molecule has 1 atom stereocenters. The van der Waals surface area contributed by atoms with Crippen molar-refractivity contribution in [2.24, 2.45) is 0 Å². The van der Waals surface area contributed by atoms with Crippen LogP contribution < -0.4 is 26.4 Å². The van der Waals surface area contributed by atoms with Crippen LogP contribution in [-0.2, 0) is 11.3 Å². The molecule has 238 valence electrons. The maximum absolute atomic E-state index is 14.1. The zero-order chi connectivity index (χ0) is 33.0. The zero-order valence-electron chi connectivity index (χ0n) is 26.3. The summed E-state index contributed by atoms with van der Waals surface area (Å²) in [5.74, 6) is -1.56. The van der Waals surface area contributed by atoms with E-state index < -0.39 is 23.3 Å². The van der Waals surface area contributed by atoms with Crippen LogP contribution in [0.3, 0.4) is 0 Å². The van der Waals surface area contributed by atoms with Crippen molar-refractivity contribution < 1.29 is 18.8 Å². The molecule has 1 aromatic heterocycles. The van der Waals surface area contributed by atoms with Crippen molar-refractivity contribution in [3.63, 3.8) is 0 Å². The molecule has 2 heterocycles. The van der Waals surface area contributed by atoms with E-state index in [1.165, 1.54) is 35.0 Å². The highest BCUT2D eigenvalue weighted by molar-refractivity contribution is 6.09. The Morgan fingerprint density at radius 1 is 0.935 bits per heavy atom. The number of aromatic nitrogens is 2. The normalized spacial score (nSPS) is 13.4. The molecule has 0 bridgehead atoms. The second-order valence-corrected chi connectivity index (χ2v) is 11.4. The van der Waals surface area contributed by atoms with Gasteiger partial charge < -0.3 is 20.9 Å². The summed E-state index contributed by atoms with van der Waals surface area (Å²) in [6.45, 7) is 5.24. The molecule has 2 amide bonds. The first-order valence-corrected chi connectivity index (χ1v) is 15.2. The monoisotopic (exact) mass is 624 g/mol. The second kappa shape index (κ2) is 13.9. The van der Waals surface area contributed by atoms with Crippen LogP contribution in [0.4, 0.5) is 15.9 Å². The van der Waals surface area contributed by atoms with E-state index in [-0.39, 0.29) is 24.1 Å². The van der Waals surface area contributed by atoms with Crippen LogP contribution in [0.2, 0.25) is 0 Å². The minimum absolute atomic E-state index is 0.0379. The largest absolute Gasteiger partial charge is 0.372 e. The Labute approximate surface area is 266 Å². The third-order valence-electron chi connectivity index (χ3n) is 8.28. The number of likely N-dealkylation sites (N-methyl/N-ethyl adjacent to an activating group) is 1. The van der Waals surface area contributed by atoms with Crippen LogP contribution in [0.1, 0.15) is 57.2 Å². The molecule has 11 heteroatoms. The number of anilines is 2. The van der Waals surface area contributed by atoms with E-state index in [0.717, 1.165) is 37.2 Å². The highest BCUT2D eigenvalue weighted by Crippen LogP contribution is 2.28. The lowest BCUT2D eigenvalue weighted by Gasteiger charge is -2.21. The van der Waals surface area contributed by atoms with E-state index >= 15 is 0 Å². The fourth-order valence-electron chi connectivity index (χ4n) is 5.49. The molecular weight excluding hydrogens is 587 g/mol. The summed E-state index contributed by atoms with van der Waals surface area (Å²) in [6.07, 6.45) is 3.55. The number of carbonyl (C=O) groups is 3. The number of benzene rings is 3. The summed E-state index contributed by atoms with van der Waals surface area (Å²) in [6, 6.07) is 15.6. The van der Waals surface area contributed by atoms with Gasteiger partial charge in [0.1, 0.15) is 5.82 Å². The molecule has 1 aliphatic rings. The Hall–Kier alpha value is -5.16. The van der Waals surface area contributed by atoms with Gasteiger partial charge in [0.15, 0.2) is 11.6 Å². The number of hydrogen-bond donors (Lipinski definition) is 3. The number of amides is 2. The Kier molecular flexibility index (Phi) is 9.72. The van der Waals surface area contributed by atoms with Crippen molar-refractivity contribution in [3.8, 4) is 11.3 Å². The summed E-state index contributed by atoms with van der Waals surface area (Å²) in [5.41, 5.74) is 3.99. The molecule has 0 aliphatic carbocycles. The molecule has 0 saturated carbocycles. The molecule has 1 aliphatic heterocycles. The molecule has 3 N–H and O–H groups in total. The number of nitrogens with zero attached hydrogens (tertiary/aromatic N) is 3. The number of rotatable bonds is 10. The van der Waals surface area contributed by atoms with Crippen molar-refractivity contribution in [1.29, 1.82) is 0 Å². The highest BCUT2D eigenvalue weighted by Gasteiger charge is 2.21. The number of halogens is 1. The summed E-state index contributed by atoms with van der Waals surface area (Å²) < 4.78 is 15.1. The molecule has 0 unspecified atom stereocenters. The van der Waals surface area contributed by atoms with Gasteiger partial charge in [-0.15, -0.1) is 0 Å². The van der Waals surface area contributed by atoms with Gasteiger partial charge in [-0.1, -0.05) is 6.07 Å². The van der Waals surface area contributed by atoms with Gasteiger partial charge in [-0.25, -0.2) is 9.37 Å². The van der Waals surface area contributed by atoms with Crippen molar-refractivity contribution in [3.05, 3.63) is 111 Å². The smallest absolute Gasteiger partial charge is 0.294 e. The van der Waals surface area contributed by atoms with Crippen molar-refractivity contribution in [1.82, 2.24) is 20.2 Å². The van der Waals surface area contributed by atoms with Gasteiger partial charge in [0, 0.05) is 48.1 Å². The van der Waals surface area contributed by atoms with E-state index in [9.17, 15) is 23.6 Å². The summed E-state index contributed by atoms with van der Waals surface area (Å²) in [7, 11) is 3.18. The quantitative estimate of drug-likeness (QED) is 0.227. The van der Waals surface area contributed by atoms with Crippen LogP contribution in [0, 0.1) is 12.7 Å². The van der Waals surface area contributed by atoms with Crippen LogP contribution >= 0.6 is 0 Å². The molecule has 3 aromatic carbocycles. The third kappa shape index (κ3) is 6.89. The summed E-state index contributed by atoms with van der Waals surface area (Å²) >= 11 is 0. The Bertz CT molecular complexity index is 1850. The van der Waals surface area contributed by atoms with Crippen molar-refractivity contribution >= 4 is 29.1 Å². The van der Waals surface area contributed by atoms with E-state index in [4.69, 9.17) is 0 Å². The zero-order valence-corrected chi connectivity index (χ0v) is 26.3. The van der Waals surface area contributed by atoms with Crippen LogP contribution in [0.5, 0.6) is 0 Å². The molecular formula is C35H37FN6O4. The van der Waals surface area contributed by atoms with Crippen LogP contribution in [0.25, 0.3) is 11.3 Å². The highest BCUT2D eigenvalue weighted by atomic mass is 19.1. The average Bonchev–Trinajstić information content (AvgIpc) is 3.61. The number of carbonyl (C=O) groups excluding carboxylic acids is 3. The molecule has 46 heavy (non-hydrogen) atoms. The predicted octanol–water partition coefficient (Wildman–Crippen LogP) is 4.14. The maximum atomic E-state index is 14.1. The van der Waals surface area contributed by atoms with Crippen molar-refractivity contribution in [2.45, 2.75) is 39.3 Å². The van der Waals surface area contributed by atoms with Gasteiger partial charge in [0.2, 0.25) is 5.91 Å². The first-order valence-electron chi connectivity index (χ1n) is 15.2. The molecule has 10 nitrogen and oxygen atoms in total. The fourth-order valence-corrected chi connectivity index (χ4v) is 5.49. The van der Waals surface area contributed by atoms with Gasteiger partial charge in [0.25, 0.3) is 11.5 Å². The Balaban J connectivity index is 1.66. The number of hydrogen-bond acceptors (Lipinski definition) is 7. The van der Waals surface area contributed by atoms with Gasteiger partial charge in [-0.2, -0.15) is 0 Å². The number of ketones is 1. The van der Waals surface area contributed by atoms with Crippen LogP contribution in [-0.4, -0.2) is 60.4 Å². The first-order chi connectivity index (χ1) is 22.1. The minimum atomic E-state index is -0.571. The molecule has 5 rings (SSSR count). The Morgan fingerprint density at radius 3 is 2.30 bits per heavy atom. The average molecular weight is 625 g/mol.